The Hall–Kier alpha value is -2.09. The Bertz CT molecular complexity index is 709. The molecule has 160 valence electrons. The highest BCUT2D eigenvalue weighted by atomic mass is 32.2. The Balaban J connectivity index is 0.00000132. The van der Waals surface area contributed by atoms with E-state index in [1.807, 2.05) is 51.1 Å². The van der Waals surface area contributed by atoms with Gasteiger partial charge in [-0.25, -0.2) is 4.79 Å². The lowest BCUT2D eigenvalue weighted by Gasteiger charge is -2.26. The van der Waals surface area contributed by atoms with Gasteiger partial charge < -0.3 is 19.4 Å². The van der Waals surface area contributed by atoms with E-state index in [0.717, 1.165) is 28.9 Å². The third-order valence-electron chi connectivity index (χ3n) is 3.71. The number of benzene rings is 1. The summed E-state index contributed by atoms with van der Waals surface area (Å²) in [6, 6.07) is 7.91. The summed E-state index contributed by atoms with van der Waals surface area (Å²) in [6.07, 6.45) is 8.33. The summed E-state index contributed by atoms with van der Waals surface area (Å²) in [5.41, 5.74) is 5.78. The first-order valence-corrected chi connectivity index (χ1v) is 10.2. The molecule has 0 aliphatic heterocycles. The van der Waals surface area contributed by atoms with Gasteiger partial charge in [0.15, 0.2) is 6.10 Å². The van der Waals surface area contributed by atoms with Crippen molar-refractivity contribution in [2.75, 3.05) is 13.7 Å². The number of allylic oxidation sites excluding steroid dienone is 2. The lowest BCUT2D eigenvalue weighted by Crippen LogP contribution is -2.36. The number of ether oxygens (including phenoxy) is 2. The van der Waals surface area contributed by atoms with Crippen molar-refractivity contribution in [1.82, 2.24) is 0 Å². The number of amides is 1. The molecule has 7 heteroatoms. The van der Waals surface area contributed by atoms with Crippen LogP contribution in [0.2, 0.25) is 0 Å². The molecule has 2 rings (SSSR count). The second-order valence-electron chi connectivity index (χ2n) is 7.32. The van der Waals surface area contributed by atoms with Gasteiger partial charge in [0.2, 0.25) is 6.41 Å². The molecular weight excluding hydrogens is 390 g/mol. The van der Waals surface area contributed by atoms with Crippen LogP contribution < -0.4 is 5.73 Å². The van der Waals surface area contributed by atoms with Gasteiger partial charge in [-0.15, -0.1) is 0 Å². The molecule has 29 heavy (non-hydrogen) atoms. The van der Waals surface area contributed by atoms with E-state index < -0.39 is 11.7 Å². The molecule has 0 spiro atoms. The first kappa shape index (κ1) is 24.9. The van der Waals surface area contributed by atoms with Crippen LogP contribution in [-0.2, 0) is 29.7 Å². The van der Waals surface area contributed by atoms with Crippen LogP contribution in [0.1, 0.15) is 39.2 Å². The topological polar surface area (TPSA) is 87.8 Å². The van der Waals surface area contributed by atoms with Gasteiger partial charge in [0.1, 0.15) is 6.61 Å². The van der Waals surface area contributed by atoms with Crippen LogP contribution in [0.4, 0.5) is 0 Å². The minimum absolute atomic E-state index is 0.250. The van der Waals surface area contributed by atoms with E-state index in [9.17, 15) is 4.79 Å². The second kappa shape index (κ2) is 13.2. The fraction of sp³-hybridized carbons (Fsp3) is 0.455. The fourth-order valence-electron chi connectivity index (χ4n) is 2.66. The Morgan fingerprint density at radius 3 is 2.62 bits per heavy atom. The number of hydrogen-bond acceptors (Lipinski definition) is 6. The minimum Gasteiger partial charge on any atom is -0.459 e. The van der Waals surface area contributed by atoms with Crippen LogP contribution in [0.5, 0.6) is 0 Å². The second-order valence-corrected chi connectivity index (χ2v) is 8.29. The predicted octanol–water partition coefficient (Wildman–Crippen LogP) is 3.99. The average Bonchev–Trinajstić information content (AvgIpc) is 2.66. The van der Waals surface area contributed by atoms with Gasteiger partial charge in [-0.3, -0.25) is 4.79 Å². The maximum Gasteiger partial charge on any atom is 0.335 e. The van der Waals surface area contributed by atoms with Crippen molar-refractivity contribution in [3.8, 4) is 0 Å². The molecule has 0 aromatic heterocycles. The third-order valence-corrected chi connectivity index (χ3v) is 4.32. The van der Waals surface area contributed by atoms with Crippen LogP contribution in [0.25, 0.3) is 0 Å². The van der Waals surface area contributed by atoms with Gasteiger partial charge in [0.05, 0.1) is 12.7 Å². The maximum atomic E-state index is 12.7. The Kier molecular flexibility index (Phi) is 11.3. The molecule has 6 nitrogen and oxygen atoms in total. The molecule has 2 N–H and O–H groups in total. The highest BCUT2D eigenvalue weighted by Gasteiger charge is 2.27. The molecule has 1 atom stereocenters. The van der Waals surface area contributed by atoms with Gasteiger partial charge in [-0.05, 0) is 56.9 Å². The fourth-order valence-corrected chi connectivity index (χ4v) is 3.18. The lowest BCUT2D eigenvalue weighted by atomic mass is 10.1. The van der Waals surface area contributed by atoms with Crippen LogP contribution in [-0.4, -0.2) is 37.8 Å². The smallest absolute Gasteiger partial charge is 0.335 e. The quantitative estimate of drug-likeness (QED) is 0.388. The van der Waals surface area contributed by atoms with Crippen molar-refractivity contribution >= 4 is 24.4 Å². The Labute approximate surface area is 177 Å². The zero-order valence-corrected chi connectivity index (χ0v) is 18.4. The third kappa shape index (κ3) is 10.9. The Morgan fingerprint density at radius 1 is 1.31 bits per heavy atom. The number of carbonyl (C=O) groups excluding carboxylic acids is 2. The number of primary amides is 1. The van der Waals surface area contributed by atoms with Gasteiger partial charge in [-0.1, -0.05) is 30.4 Å². The van der Waals surface area contributed by atoms with Crippen LogP contribution in [0.3, 0.4) is 0 Å². The zero-order valence-electron chi connectivity index (χ0n) is 17.6. The number of rotatable bonds is 8. The number of hydrogen-bond donors (Lipinski definition) is 1. The predicted molar refractivity (Wildman–Crippen MR) is 115 cm³/mol. The maximum absolute atomic E-state index is 12.7. The first-order chi connectivity index (χ1) is 13.8. The monoisotopic (exact) mass is 421 g/mol. The van der Waals surface area contributed by atoms with E-state index >= 15 is 0 Å². The van der Waals surface area contributed by atoms with Crippen molar-refractivity contribution in [3.63, 3.8) is 0 Å². The summed E-state index contributed by atoms with van der Waals surface area (Å²) in [4.78, 5) is 22.2. The Morgan fingerprint density at radius 2 is 2.03 bits per heavy atom. The van der Waals surface area contributed by atoms with Crippen LogP contribution in [0, 0.1) is 0 Å². The van der Waals surface area contributed by atoms with Crippen LogP contribution in [0.15, 0.2) is 53.0 Å². The molecular formula is C22H31NO5S. The summed E-state index contributed by atoms with van der Waals surface area (Å²) in [7, 11) is 1.63. The highest BCUT2D eigenvalue weighted by Crippen LogP contribution is 2.22. The van der Waals surface area contributed by atoms with Gasteiger partial charge in [0.25, 0.3) is 0 Å². The largest absolute Gasteiger partial charge is 0.459 e. The molecule has 1 aliphatic carbocycles. The van der Waals surface area contributed by atoms with E-state index in [1.165, 1.54) is 12.0 Å². The van der Waals surface area contributed by atoms with E-state index in [1.54, 1.807) is 7.11 Å². The SMILES string of the molecule is COSc1cccc(CC(OC(C)(C)C)C(=O)OCC2=CCCC=C2)c1.NC=O. The first-order valence-electron chi connectivity index (χ1n) is 9.44. The van der Waals surface area contributed by atoms with Gasteiger partial charge in [0, 0.05) is 23.4 Å². The molecule has 1 amide bonds. The van der Waals surface area contributed by atoms with Crippen molar-refractivity contribution in [1.29, 1.82) is 0 Å². The van der Waals surface area contributed by atoms with E-state index in [-0.39, 0.29) is 12.4 Å². The average molecular weight is 422 g/mol. The number of esters is 1. The van der Waals surface area contributed by atoms with Crippen molar-refractivity contribution in [3.05, 3.63) is 53.6 Å². The molecule has 1 aromatic rings. The molecule has 0 saturated carbocycles. The lowest BCUT2D eigenvalue weighted by molar-refractivity contribution is -0.165. The molecule has 0 bridgehead atoms. The van der Waals surface area contributed by atoms with Crippen LogP contribution >= 0.6 is 12.0 Å². The van der Waals surface area contributed by atoms with Gasteiger partial charge >= 0.3 is 5.97 Å². The van der Waals surface area contributed by atoms with Crippen molar-refractivity contribution < 1.29 is 23.2 Å². The molecule has 0 saturated heterocycles. The van der Waals surface area contributed by atoms with E-state index in [2.05, 4.69) is 17.9 Å². The zero-order chi connectivity index (χ0) is 21.7. The van der Waals surface area contributed by atoms with E-state index in [4.69, 9.17) is 18.5 Å². The van der Waals surface area contributed by atoms with E-state index in [0.29, 0.717) is 13.0 Å². The van der Waals surface area contributed by atoms with Crippen molar-refractivity contribution in [2.24, 2.45) is 5.73 Å². The molecule has 0 heterocycles. The number of carbonyl (C=O) groups is 2. The van der Waals surface area contributed by atoms with Gasteiger partial charge in [-0.2, -0.15) is 0 Å². The summed E-state index contributed by atoms with van der Waals surface area (Å²) < 4.78 is 16.6. The minimum atomic E-state index is -0.647. The highest BCUT2D eigenvalue weighted by molar-refractivity contribution is 7.94. The molecule has 0 radical (unpaired) electrons. The summed E-state index contributed by atoms with van der Waals surface area (Å²) >= 11 is 1.30. The molecule has 1 aliphatic rings. The summed E-state index contributed by atoms with van der Waals surface area (Å²) in [5.74, 6) is -0.329. The standard InChI is InChI=1S/C21H28O4S.CH3NO/c1-21(2,3)25-19(14-17-11-8-12-18(13-17)26-23-4)20(22)24-15-16-9-6-5-7-10-16;2-1-3/h6,8-13,19H,5,7,14-15H2,1-4H3;1H,(H2,2,3). The molecule has 1 unspecified atom stereocenters. The summed E-state index contributed by atoms with van der Waals surface area (Å²) in [5, 5.41) is 0. The normalized spacial score (nSPS) is 14.3. The summed E-state index contributed by atoms with van der Waals surface area (Å²) in [6.45, 7) is 6.11. The number of nitrogens with two attached hydrogens (primary N) is 1. The molecule has 0 fully saturated rings. The molecule has 1 aromatic carbocycles. The van der Waals surface area contributed by atoms with Crippen molar-refractivity contribution in [2.45, 2.75) is 56.6 Å².